The van der Waals surface area contributed by atoms with E-state index >= 15 is 0 Å². The van der Waals surface area contributed by atoms with E-state index < -0.39 is 0 Å². The minimum Gasteiger partial charge on any atom is -0.455 e. The van der Waals surface area contributed by atoms with Gasteiger partial charge in [-0.15, -0.1) is 0 Å². The first-order valence-corrected chi connectivity index (χ1v) is 8.49. The van der Waals surface area contributed by atoms with Crippen LogP contribution in [0, 0.1) is 27.7 Å². The Morgan fingerprint density at radius 1 is 1.16 bits per heavy atom. The predicted octanol–water partition coefficient (Wildman–Crippen LogP) is 4.25. The monoisotopic (exact) mass is 335 g/mol. The zero-order valence-electron chi connectivity index (χ0n) is 14.9. The Kier molecular flexibility index (Phi) is 3.53. The van der Waals surface area contributed by atoms with Gasteiger partial charge < -0.3 is 9.73 Å². The molecule has 0 unspecified atom stereocenters. The molecule has 1 aliphatic carbocycles. The van der Waals surface area contributed by atoms with Gasteiger partial charge in [-0.2, -0.15) is 5.10 Å². The van der Waals surface area contributed by atoms with Gasteiger partial charge in [0, 0.05) is 23.2 Å². The van der Waals surface area contributed by atoms with Crippen LogP contribution in [0.1, 0.15) is 44.1 Å². The zero-order valence-corrected chi connectivity index (χ0v) is 14.9. The molecule has 128 valence electrons. The van der Waals surface area contributed by atoms with Gasteiger partial charge in [-0.1, -0.05) is 17.7 Å². The van der Waals surface area contributed by atoms with Crippen molar-refractivity contribution in [2.75, 3.05) is 5.32 Å². The van der Waals surface area contributed by atoms with Crippen molar-refractivity contribution in [3.05, 3.63) is 57.7 Å². The largest absolute Gasteiger partial charge is 0.455 e. The maximum Gasteiger partial charge on any atom is 0.291 e. The number of carbonyl (C=O) groups excluding carboxylic acids is 1. The van der Waals surface area contributed by atoms with Crippen LogP contribution in [-0.2, 0) is 12.8 Å². The van der Waals surface area contributed by atoms with Gasteiger partial charge in [0.1, 0.15) is 5.76 Å². The lowest BCUT2D eigenvalue weighted by Crippen LogP contribution is -2.14. The SMILES string of the molecule is Cc1cc(C)c(NC(=O)c2oc3c(c2C)-c2[nH]ncc2CC3)c(C)c1. The lowest BCUT2D eigenvalue weighted by atomic mass is 9.93. The van der Waals surface area contributed by atoms with Crippen LogP contribution in [0.2, 0.25) is 0 Å². The number of benzene rings is 1. The summed E-state index contributed by atoms with van der Waals surface area (Å²) in [5.74, 6) is 1.03. The quantitative estimate of drug-likeness (QED) is 0.735. The molecule has 0 saturated carbocycles. The number of furan rings is 1. The summed E-state index contributed by atoms with van der Waals surface area (Å²) in [7, 11) is 0. The molecule has 1 amide bonds. The van der Waals surface area contributed by atoms with Crippen molar-refractivity contribution >= 4 is 11.6 Å². The Morgan fingerprint density at radius 3 is 2.60 bits per heavy atom. The smallest absolute Gasteiger partial charge is 0.291 e. The number of aromatic nitrogens is 2. The molecule has 4 rings (SSSR count). The Labute approximate surface area is 146 Å². The Morgan fingerprint density at radius 2 is 1.88 bits per heavy atom. The summed E-state index contributed by atoms with van der Waals surface area (Å²) in [6, 6.07) is 4.14. The molecule has 5 nitrogen and oxygen atoms in total. The fourth-order valence-corrected chi connectivity index (χ4v) is 3.81. The van der Waals surface area contributed by atoms with Crippen LogP contribution in [0.15, 0.2) is 22.7 Å². The summed E-state index contributed by atoms with van der Waals surface area (Å²) in [6.45, 7) is 8.00. The highest BCUT2D eigenvalue weighted by Gasteiger charge is 2.28. The fraction of sp³-hybridized carbons (Fsp3) is 0.300. The summed E-state index contributed by atoms with van der Waals surface area (Å²) >= 11 is 0. The average Bonchev–Trinajstić information content (AvgIpc) is 3.14. The number of rotatable bonds is 2. The van der Waals surface area contributed by atoms with E-state index in [1.165, 1.54) is 11.1 Å². The van der Waals surface area contributed by atoms with E-state index in [0.29, 0.717) is 5.76 Å². The molecule has 0 radical (unpaired) electrons. The van der Waals surface area contributed by atoms with Gasteiger partial charge in [-0.05, 0) is 50.8 Å². The number of fused-ring (bicyclic) bond motifs is 3. The molecule has 2 aromatic heterocycles. The number of hydrogen-bond donors (Lipinski definition) is 2. The first kappa shape index (κ1) is 15.7. The van der Waals surface area contributed by atoms with E-state index in [4.69, 9.17) is 4.42 Å². The maximum absolute atomic E-state index is 12.9. The topological polar surface area (TPSA) is 70.9 Å². The highest BCUT2D eigenvalue weighted by molar-refractivity contribution is 6.05. The molecule has 0 saturated heterocycles. The second kappa shape index (κ2) is 5.62. The normalized spacial score (nSPS) is 12.6. The number of carbonyl (C=O) groups is 1. The van der Waals surface area contributed by atoms with E-state index in [-0.39, 0.29) is 5.91 Å². The number of amides is 1. The maximum atomic E-state index is 12.9. The van der Waals surface area contributed by atoms with Crippen LogP contribution in [0.5, 0.6) is 0 Å². The molecule has 1 aromatic carbocycles. The summed E-state index contributed by atoms with van der Waals surface area (Å²) in [5, 5.41) is 10.2. The molecule has 0 aliphatic heterocycles. The van der Waals surface area contributed by atoms with E-state index in [1.54, 1.807) is 0 Å². The number of nitrogens with zero attached hydrogens (tertiary/aromatic N) is 1. The number of anilines is 1. The summed E-state index contributed by atoms with van der Waals surface area (Å²) in [6.07, 6.45) is 3.52. The van der Waals surface area contributed by atoms with E-state index in [1.807, 2.05) is 27.0 Å². The van der Waals surface area contributed by atoms with Crippen LogP contribution in [0.25, 0.3) is 11.3 Å². The van der Waals surface area contributed by atoms with Gasteiger partial charge in [-0.25, -0.2) is 0 Å². The molecule has 0 fully saturated rings. The molecule has 25 heavy (non-hydrogen) atoms. The molecule has 5 heteroatoms. The molecule has 0 spiro atoms. The molecular formula is C20H21N3O2. The van der Waals surface area contributed by atoms with Gasteiger partial charge in [0.25, 0.3) is 5.91 Å². The third-order valence-corrected chi connectivity index (χ3v) is 4.93. The van der Waals surface area contributed by atoms with Gasteiger partial charge in [-0.3, -0.25) is 9.89 Å². The van der Waals surface area contributed by atoms with Gasteiger partial charge >= 0.3 is 0 Å². The molecule has 2 N–H and O–H groups in total. The minimum atomic E-state index is -0.206. The highest BCUT2D eigenvalue weighted by Crippen LogP contribution is 2.38. The van der Waals surface area contributed by atoms with Crippen molar-refractivity contribution in [3.63, 3.8) is 0 Å². The van der Waals surface area contributed by atoms with Gasteiger partial charge in [0.05, 0.1) is 11.9 Å². The van der Waals surface area contributed by atoms with Crippen molar-refractivity contribution in [1.29, 1.82) is 0 Å². The Bertz CT molecular complexity index is 972. The van der Waals surface area contributed by atoms with E-state index in [9.17, 15) is 4.79 Å². The first-order chi connectivity index (χ1) is 12.0. The predicted molar refractivity (Wildman–Crippen MR) is 97.0 cm³/mol. The molecule has 2 heterocycles. The summed E-state index contributed by atoms with van der Waals surface area (Å²) in [5.41, 5.74) is 8.14. The lowest BCUT2D eigenvalue weighted by molar-refractivity contribution is 0.0994. The van der Waals surface area contributed by atoms with Crippen molar-refractivity contribution in [2.45, 2.75) is 40.5 Å². The van der Waals surface area contributed by atoms with Crippen molar-refractivity contribution in [1.82, 2.24) is 10.2 Å². The minimum absolute atomic E-state index is 0.206. The Balaban J connectivity index is 1.72. The molecule has 3 aromatic rings. The highest BCUT2D eigenvalue weighted by atomic mass is 16.4. The standard InChI is InChI=1S/C20H21N3O2/c1-10-7-11(2)17(12(3)8-10)22-20(24)19-13(4)16-15(25-19)6-5-14-9-21-23-18(14)16/h7-9H,5-6H2,1-4H3,(H,21,23)(H,22,24). The van der Waals surface area contributed by atoms with Crippen molar-refractivity contribution in [2.24, 2.45) is 0 Å². The molecule has 1 aliphatic rings. The van der Waals surface area contributed by atoms with Crippen LogP contribution in [-0.4, -0.2) is 16.1 Å². The van der Waals surface area contributed by atoms with Crippen molar-refractivity contribution in [3.8, 4) is 11.3 Å². The van der Waals surface area contributed by atoms with E-state index in [0.717, 1.165) is 52.2 Å². The Hall–Kier alpha value is -2.82. The molecular weight excluding hydrogens is 314 g/mol. The third kappa shape index (κ3) is 2.47. The summed E-state index contributed by atoms with van der Waals surface area (Å²) in [4.78, 5) is 12.9. The summed E-state index contributed by atoms with van der Waals surface area (Å²) < 4.78 is 5.94. The fourth-order valence-electron chi connectivity index (χ4n) is 3.81. The second-order valence-electron chi connectivity index (χ2n) is 6.85. The van der Waals surface area contributed by atoms with E-state index in [2.05, 4.69) is 34.6 Å². The number of H-pyrrole nitrogens is 1. The number of nitrogens with one attached hydrogen (secondary N) is 2. The second-order valence-corrected chi connectivity index (χ2v) is 6.85. The first-order valence-electron chi connectivity index (χ1n) is 8.49. The number of aromatic amines is 1. The zero-order chi connectivity index (χ0) is 17.7. The van der Waals surface area contributed by atoms with Crippen LogP contribution in [0.4, 0.5) is 5.69 Å². The number of aryl methyl sites for hydroxylation is 5. The van der Waals surface area contributed by atoms with Crippen molar-refractivity contribution < 1.29 is 9.21 Å². The third-order valence-electron chi connectivity index (χ3n) is 4.93. The molecule has 0 atom stereocenters. The van der Waals surface area contributed by atoms with Crippen LogP contribution >= 0.6 is 0 Å². The van der Waals surface area contributed by atoms with Crippen LogP contribution in [0.3, 0.4) is 0 Å². The molecule has 0 bridgehead atoms. The lowest BCUT2D eigenvalue weighted by Gasteiger charge is -2.12. The number of hydrogen-bond acceptors (Lipinski definition) is 3. The average molecular weight is 335 g/mol. The van der Waals surface area contributed by atoms with Crippen LogP contribution < -0.4 is 5.32 Å². The van der Waals surface area contributed by atoms with Gasteiger partial charge in [0.15, 0.2) is 5.76 Å². The van der Waals surface area contributed by atoms with Gasteiger partial charge in [0.2, 0.25) is 0 Å².